The molecule has 1 heterocycles. The van der Waals surface area contributed by atoms with Crippen LogP contribution in [0.3, 0.4) is 0 Å². The Bertz CT molecular complexity index is 895. The quantitative estimate of drug-likeness (QED) is 0.563. The second kappa shape index (κ2) is 8.48. The van der Waals surface area contributed by atoms with E-state index in [4.69, 9.17) is 16.3 Å². The summed E-state index contributed by atoms with van der Waals surface area (Å²) in [6, 6.07) is 10.5. The summed E-state index contributed by atoms with van der Waals surface area (Å²) in [4.78, 5) is 26.9. The number of benzene rings is 2. The minimum Gasteiger partial charge on any atom is -0.484 e. The molecule has 0 aliphatic carbocycles. The van der Waals surface area contributed by atoms with Gasteiger partial charge in [-0.25, -0.2) is 0 Å². The predicted octanol–water partition coefficient (Wildman–Crippen LogP) is 3.59. The van der Waals surface area contributed by atoms with Crippen LogP contribution in [0, 0.1) is 24.0 Å². The summed E-state index contributed by atoms with van der Waals surface area (Å²) in [5, 5.41) is 11.6. The molecule has 0 radical (unpaired) electrons. The van der Waals surface area contributed by atoms with Crippen LogP contribution in [0.2, 0.25) is 5.02 Å². The van der Waals surface area contributed by atoms with Gasteiger partial charge in [0.1, 0.15) is 11.4 Å². The van der Waals surface area contributed by atoms with Crippen molar-refractivity contribution in [2.24, 2.45) is 0 Å². The van der Waals surface area contributed by atoms with Crippen molar-refractivity contribution in [1.82, 2.24) is 4.90 Å². The zero-order chi connectivity index (χ0) is 20.3. The first-order valence-electron chi connectivity index (χ1n) is 9.02. The average Bonchev–Trinajstić information content (AvgIpc) is 2.67. The van der Waals surface area contributed by atoms with Crippen molar-refractivity contribution in [2.75, 3.05) is 37.7 Å². The van der Waals surface area contributed by atoms with Gasteiger partial charge in [-0.15, -0.1) is 0 Å². The van der Waals surface area contributed by atoms with Crippen molar-refractivity contribution < 1.29 is 14.5 Å². The number of nitrogens with zero attached hydrogens (tertiary/aromatic N) is 3. The van der Waals surface area contributed by atoms with Gasteiger partial charge < -0.3 is 14.5 Å². The van der Waals surface area contributed by atoms with E-state index in [1.165, 1.54) is 6.07 Å². The average molecular weight is 404 g/mol. The summed E-state index contributed by atoms with van der Waals surface area (Å²) in [5.41, 5.74) is 2.52. The zero-order valence-electron chi connectivity index (χ0n) is 15.9. The maximum Gasteiger partial charge on any atom is 0.294 e. The van der Waals surface area contributed by atoms with E-state index in [0.29, 0.717) is 42.6 Å². The highest BCUT2D eigenvalue weighted by Gasteiger charge is 2.27. The van der Waals surface area contributed by atoms with Gasteiger partial charge in [-0.05, 0) is 31.5 Å². The molecule has 0 aromatic heterocycles. The molecular formula is C20H22ClN3O4. The summed E-state index contributed by atoms with van der Waals surface area (Å²) in [6.07, 6.45) is 0. The third-order valence-electron chi connectivity index (χ3n) is 4.79. The summed E-state index contributed by atoms with van der Waals surface area (Å²) in [7, 11) is 0. The first kappa shape index (κ1) is 19.9. The lowest BCUT2D eigenvalue weighted by Crippen LogP contribution is -2.50. The van der Waals surface area contributed by atoms with E-state index < -0.39 is 4.92 Å². The first-order valence-corrected chi connectivity index (χ1v) is 9.40. The maximum atomic E-state index is 12.5. The zero-order valence-corrected chi connectivity index (χ0v) is 16.6. The minimum absolute atomic E-state index is 0.0227. The van der Waals surface area contributed by atoms with E-state index in [1.807, 2.05) is 36.9 Å². The van der Waals surface area contributed by atoms with E-state index in [0.717, 1.165) is 11.1 Å². The summed E-state index contributed by atoms with van der Waals surface area (Å²) >= 11 is 6.20. The monoisotopic (exact) mass is 403 g/mol. The summed E-state index contributed by atoms with van der Waals surface area (Å²) in [5.74, 6) is 0.595. The van der Waals surface area contributed by atoms with Gasteiger partial charge in [-0.2, -0.15) is 0 Å². The number of halogens is 1. The number of para-hydroxylation sites is 1. The van der Waals surface area contributed by atoms with Crippen molar-refractivity contribution in [3.8, 4) is 5.75 Å². The molecule has 2 aromatic carbocycles. The molecule has 1 amide bonds. The Hall–Kier alpha value is -2.80. The number of ether oxygens (including phenoxy) is 1. The SMILES string of the molecule is Cc1ccc(OCC(=O)N2CCN(c3c(Cl)cccc3[N+](=O)[O-])CC2)c(C)c1. The molecule has 0 spiro atoms. The normalized spacial score (nSPS) is 14.1. The van der Waals surface area contributed by atoms with Crippen molar-refractivity contribution in [2.45, 2.75) is 13.8 Å². The van der Waals surface area contributed by atoms with E-state index >= 15 is 0 Å². The number of carbonyl (C=O) groups excluding carboxylic acids is 1. The lowest BCUT2D eigenvalue weighted by Gasteiger charge is -2.36. The Balaban J connectivity index is 1.60. The van der Waals surface area contributed by atoms with E-state index in [9.17, 15) is 14.9 Å². The van der Waals surface area contributed by atoms with Crippen LogP contribution in [0.5, 0.6) is 5.75 Å². The predicted molar refractivity (Wildman–Crippen MR) is 108 cm³/mol. The number of piperazine rings is 1. The third kappa shape index (κ3) is 4.36. The van der Waals surface area contributed by atoms with E-state index in [-0.39, 0.29) is 18.2 Å². The molecule has 8 heteroatoms. The topological polar surface area (TPSA) is 75.9 Å². The number of hydrogen-bond acceptors (Lipinski definition) is 5. The van der Waals surface area contributed by atoms with Crippen LogP contribution in [-0.2, 0) is 4.79 Å². The highest BCUT2D eigenvalue weighted by atomic mass is 35.5. The highest BCUT2D eigenvalue weighted by molar-refractivity contribution is 6.33. The molecule has 0 atom stereocenters. The molecule has 0 bridgehead atoms. The Morgan fingerprint density at radius 1 is 1.18 bits per heavy atom. The van der Waals surface area contributed by atoms with Gasteiger partial charge in [0.25, 0.3) is 11.6 Å². The third-order valence-corrected chi connectivity index (χ3v) is 5.10. The number of amides is 1. The number of anilines is 1. The molecule has 148 valence electrons. The van der Waals surface area contributed by atoms with E-state index in [2.05, 4.69) is 0 Å². The Labute approximate surface area is 168 Å². The molecular weight excluding hydrogens is 382 g/mol. The fourth-order valence-corrected chi connectivity index (χ4v) is 3.62. The van der Waals surface area contributed by atoms with Crippen molar-refractivity contribution >= 4 is 28.9 Å². The van der Waals surface area contributed by atoms with Crippen molar-refractivity contribution in [3.05, 3.63) is 62.7 Å². The molecule has 1 fully saturated rings. The van der Waals surface area contributed by atoms with Crippen LogP contribution in [-0.4, -0.2) is 48.5 Å². The van der Waals surface area contributed by atoms with Gasteiger partial charge >= 0.3 is 0 Å². The van der Waals surface area contributed by atoms with Gasteiger partial charge in [0.2, 0.25) is 0 Å². The number of nitro benzene ring substituents is 1. The number of nitro groups is 1. The standard InChI is InChI=1S/C20H22ClN3O4/c1-14-6-7-18(15(2)12-14)28-13-19(25)22-8-10-23(11-9-22)20-16(21)4-3-5-17(20)24(26)27/h3-7,12H,8-11,13H2,1-2H3. The van der Waals surface area contributed by atoms with Crippen LogP contribution in [0.1, 0.15) is 11.1 Å². The molecule has 28 heavy (non-hydrogen) atoms. The van der Waals surface area contributed by atoms with Crippen molar-refractivity contribution in [1.29, 1.82) is 0 Å². The second-order valence-electron chi connectivity index (χ2n) is 6.79. The summed E-state index contributed by atoms with van der Waals surface area (Å²) in [6.45, 7) is 5.78. The molecule has 3 rings (SSSR count). The molecule has 0 unspecified atom stereocenters. The fourth-order valence-electron chi connectivity index (χ4n) is 3.34. The Kier molecular flexibility index (Phi) is 6.04. The molecule has 2 aromatic rings. The number of rotatable bonds is 5. The number of aryl methyl sites for hydroxylation is 2. The molecule has 1 aliphatic rings. The van der Waals surface area contributed by atoms with Gasteiger partial charge in [-0.3, -0.25) is 14.9 Å². The van der Waals surface area contributed by atoms with Gasteiger partial charge in [0.15, 0.2) is 6.61 Å². The van der Waals surface area contributed by atoms with Gasteiger partial charge in [0.05, 0.1) is 9.95 Å². The maximum absolute atomic E-state index is 12.5. The summed E-state index contributed by atoms with van der Waals surface area (Å²) < 4.78 is 5.67. The van der Waals surface area contributed by atoms with E-state index in [1.54, 1.807) is 17.0 Å². The molecule has 0 N–H and O–H groups in total. The largest absolute Gasteiger partial charge is 0.484 e. The van der Waals surface area contributed by atoms with Crippen LogP contribution < -0.4 is 9.64 Å². The van der Waals surface area contributed by atoms with Crippen LogP contribution in [0.4, 0.5) is 11.4 Å². The van der Waals surface area contributed by atoms with Gasteiger partial charge in [0, 0.05) is 32.2 Å². The van der Waals surface area contributed by atoms with Crippen molar-refractivity contribution in [3.63, 3.8) is 0 Å². The Morgan fingerprint density at radius 3 is 2.54 bits per heavy atom. The lowest BCUT2D eigenvalue weighted by atomic mass is 10.1. The number of hydrogen-bond donors (Lipinski definition) is 0. The second-order valence-corrected chi connectivity index (χ2v) is 7.20. The van der Waals surface area contributed by atoms with Crippen LogP contribution in [0.25, 0.3) is 0 Å². The molecule has 0 saturated carbocycles. The minimum atomic E-state index is -0.434. The molecule has 7 nitrogen and oxygen atoms in total. The van der Waals surface area contributed by atoms with Crippen LogP contribution >= 0.6 is 11.6 Å². The fraction of sp³-hybridized carbons (Fsp3) is 0.350. The smallest absolute Gasteiger partial charge is 0.294 e. The Morgan fingerprint density at radius 2 is 1.89 bits per heavy atom. The van der Waals surface area contributed by atoms with Gasteiger partial charge in [-0.1, -0.05) is 35.4 Å². The molecule has 1 saturated heterocycles. The highest BCUT2D eigenvalue weighted by Crippen LogP contribution is 2.35. The molecule has 1 aliphatic heterocycles. The lowest BCUT2D eigenvalue weighted by molar-refractivity contribution is -0.384. The number of carbonyl (C=O) groups is 1. The first-order chi connectivity index (χ1) is 13.4. The van der Waals surface area contributed by atoms with Crippen LogP contribution in [0.15, 0.2) is 36.4 Å².